The Balaban J connectivity index is 1.77. The van der Waals surface area contributed by atoms with E-state index < -0.39 is 16.1 Å². The number of ether oxygens (including phenoxy) is 1. The van der Waals surface area contributed by atoms with Crippen molar-refractivity contribution in [2.75, 3.05) is 23.9 Å². The summed E-state index contributed by atoms with van der Waals surface area (Å²) in [4.78, 5) is 4.67. The number of aliphatic imine (C=N–C) groups is 1. The lowest BCUT2D eigenvalue weighted by molar-refractivity contribution is 0.260. The molecule has 1 atom stereocenters. The van der Waals surface area contributed by atoms with Gasteiger partial charge in [-0.1, -0.05) is 29.8 Å². The maximum Gasteiger partial charge on any atom is 0.264 e. The van der Waals surface area contributed by atoms with Gasteiger partial charge in [0.15, 0.2) is 6.10 Å². The fourth-order valence-electron chi connectivity index (χ4n) is 3.04. The SMILES string of the molecule is Cc1ccc(S(=O)(=O)N2CC(C3=NCCN3)Oc3ccccc32)cc1. The van der Waals surface area contributed by atoms with Gasteiger partial charge in [0.25, 0.3) is 10.0 Å². The van der Waals surface area contributed by atoms with Crippen LogP contribution in [0.25, 0.3) is 0 Å². The fraction of sp³-hybridized carbons (Fsp3) is 0.278. The number of rotatable bonds is 3. The van der Waals surface area contributed by atoms with Gasteiger partial charge >= 0.3 is 0 Å². The number of fused-ring (bicyclic) bond motifs is 1. The first-order valence-corrected chi connectivity index (χ1v) is 9.63. The van der Waals surface area contributed by atoms with Gasteiger partial charge in [-0.2, -0.15) is 0 Å². The highest BCUT2D eigenvalue weighted by atomic mass is 32.2. The number of hydrogen-bond donors (Lipinski definition) is 1. The van der Waals surface area contributed by atoms with Gasteiger partial charge in [-0.3, -0.25) is 9.30 Å². The standard InChI is InChI=1S/C18H19N3O3S/c1-13-6-8-14(9-7-13)25(22,23)21-12-17(18-19-10-11-20-18)24-16-5-3-2-4-15(16)21/h2-9,17H,10-12H2,1H3,(H,19,20). The first-order chi connectivity index (χ1) is 12.1. The van der Waals surface area contributed by atoms with Crippen LogP contribution in [0.1, 0.15) is 5.56 Å². The molecule has 4 rings (SSSR count). The highest BCUT2D eigenvalue weighted by Crippen LogP contribution is 2.37. The molecule has 0 aromatic heterocycles. The predicted octanol–water partition coefficient (Wildman–Crippen LogP) is 1.95. The number of anilines is 1. The lowest BCUT2D eigenvalue weighted by Crippen LogP contribution is -2.49. The number of amidine groups is 1. The Labute approximate surface area is 147 Å². The number of aryl methyl sites for hydroxylation is 1. The molecule has 25 heavy (non-hydrogen) atoms. The molecule has 2 heterocycles. The molecule has 0 aliphatic carbocycles. The monoisotopic (exact) mass is 357 g/mol. The Morgan fingerprint density at radius 3 is 2.64 bits per heavy atom. The van der Waals surface area contributed by atoms with Crippen LogP contribution in [-0.4, -0.2) is 40.0 Å². The summed E-state index contributed by atoms with van der Waals surface area (Å²) in [6.45, 7) is 3.56. The van der Waals surface area contributed by atoms with Crippen LogP contribution < -0.4 is 14.4 Å². The van der Waals surface area contributed by atoms with Gasteiger partial charge < -0.3 is 10.1 Å². The lowest BCUT2D eigenvalue weighted by atomic mass is 10.2. The van der Waals surface area contributed by atoms with Crippen LogP contribution in [0.15, 0.2) is 58.4 Å². The predicted molar refractivity (Wildman–Crippen MR) is 96.9 cm³/mol. The van der Waals surface area contributed by atoms with Crippen molar-refractivity contribution in [3.8, 4) is 5.75 Å². The van der Waals surface area contributed by atoms with Gasteiger partial charge in [-0.15, -0.1) is 0 Å². The summed E-state index contributed by atoms with van der Waals surface area (Å²) >= 11 is 0. The van der Waals surface area contributed by atoms with Crippen molar-refractivity contribution in [3.63, 3.8) is 0 Å². The number of sulfonamides is 1. The van der Waals surface area contributed by atoms with Crippen LogP contribution in [0, 0.1) is 6.92 Å². The molecule has 2 aromatic carbocycles. The van der Waals surface area contributed by atoms with Gasteiger partial charge in [-0.05, 0) is 31.2 Å². The Morgan fingerprint density at radius 2 is 1.92 bits per heavy atom. The molecule has 0 amide bonds. The third kappa shape index (κ3) is 2.84. The second-order valence-corrected chi connectivity index (χ2v) is 7.98. The summed E-state index contributed by atoms with van der Waals surface area (Å²) in [5.74, 6) is 1.25. The van der Waals surface area contributed by atoms with Crippen molar-refractivity contribution < 1.29 is 13.2 Å². The molecule has 1 unspecified atom stereocenters. The topological polar surface area (TPSA) is 71.0 Å². The number of nitrogens with zero attached hydrogens (tertiary/aromatic N) is 2. The second-order valence-electron chi connectivity index (χ2n) is 6.12. The highest BCUT2D eigenvalue weighted by Gasteiger charge is 2.36. The van der Waals surface area contributed by atoms with Crippen LogP contribution in [0.4, 0.5) is 5.69 Å². The summed E-state index contributed by atoms with van der Waals surface area (Å²) in [5.41, 5.74) is 1.57. The molecule has 7 heteroatoms. The van der Waals surface area contributed by atoms with Gasteiger partial charge in [0.2, 0.25) is 0 Å². The lowest BCUT2D eigenvalue weighted by Gasteiger charge is -2.35. The Morgan fingerprint density at radius 1 is 1.16 bits per heavy atom. The number of para-hydroxylation sites is 2. The third-order valence-electron chi connectivity index (χ3n) is 4.35. The van der Waals surface area contributed by atoms with E-state index in [0.29, 0.717) is 23.8 Å². The summed E-state index contributed by atoms with van der Waals surface area (Å²) in [5, 5.41) is 3.18. The van der Waals surface area contributed by atoms with E-state index in [1.54, 1.807) is 36.4 Å². The molecule has 0 saturated carbocycles. The van der Waals surface area contributed by atoms with Crippen molar-refractivity contribution >= 4 is 21.5 Å². The molecule has 0 radical (unpaired) electrons. The van der Waals surface area contributed by atoms with E-state index in [4.69, 9.17) is 4.74 Å². The zero-order chi connectivity index (χ0) is 17.4. The molecule has 130 valence electrons. The minimum Gasteiger partial charge on any atom is -0.478 e. The second kappa shape index (κ2) is 6.07. The summed E-state index contributed by atoms with van der Waals surface area (Å²) in [6, 6.07) is 14.1. The number of nitrogens with one attached hydrogen (secondary N) is 1. The molecular formula is C18H19N3O3S. The molecule has 0 saturated heterocycles. The number of hydrogen-bond acceptors (Lipinski definition) is 5. The van der Waals surface area contributed by atoms with Crippen LogP contribution in [-0.2, 0) is 10.0 Å². The molecule has 0 spiro atoms. The minimum atomic E-state index is -3.68. The first-order valence-electron chi connectivity index (χ1n) is 8.19. The molecule has 0 fully saturated rings. The first kappa shape index (κ1) is 16.0. The largest absolute Gasteiger partial charge is 0.478 e. The number of benzene rings is 2. The van der Waals surface area contributed by atoms with Gasteiger partial charge in [0.05, 0.1) is 23.7 Å². The zero-order valence-electron chi connectivity index (χ0n) is 13.8. The van der Waals surface area contributed by atoms with E-state index >= 15 is 0 Å². The summed E-state index contributed by atoms with van der Waals surface area (Å²) in [7, 11) is -3.68. The minimum absolute atomic E-state index is 0.194. The molecule has 6 nitrogen and oxygen atoms in total. The fourth-order valence-corrected chi connectivity index (χ4v) is 4.52. The third-order valence-corrected chi connectivity index (χ3v) is 6.14. The Bertz CT molecular complexity index is 923. The van der Waals surface area contributed by atoms with Gasteiger partial charge in [0, 0.05) is 6.54 Å². The maximum atomic E-state index is 13.2. The van der Waals surface area contributed by atoms with Gasteiger partial charge in [-0.25, -0.2) is 8.42 Å². The van der Waals surface area contributed by atoms with E-state index in [1.807, 2.05) is 19.1 Å². The molecule has 2 aromatic rings. The zero-order valence-corrected chi connectivity index (χ0v) is 14.7. The van der Waals surface area contributed by atoms with E-state index in [1.165, 1.54) is 4.31 Å². The molecule has 2 aliphatic heterocycles. The van der Waals surface area contributed by atoms with Crippen LogP contribution in [0.5, 0.6) is 5.75 Å². The average molecular weight is 357 g/mol. The molecule has 0 bridgehead atoms. The van der Waals surface area contributed by atoms with Crippen LogP contribution >= 0.6 is 0 Å². The smallest absolute Gasteiger partial charge is 0.264 e. The van der Waals surface area contributed by atoms with Crippen LogP contribution in [0.2, 0.25) is 0 Å². The molecule has 2 aliphatic rings. The quantitative estimate of drug-likeness (QED) is 0.911. The van der Waals surface area contributed by atoms with Crippen molar-refractivity contribution in [1.29, 1.82) is 0 Å². The van der Waals surface area contributed by atoms with Gasteiger partial charge in [0.1, 0.15) is 11.6 Å². The summed E-state index contributed by atoms with van der Waals surface area (Å²) in [6.07, 6.45) is -0.433. The average Bonchev–Trinajstić information content (AvgIpc) is 3.16. The van der Waals surface area contributed by atoms with E-state index in [0.717, 1.165) is 12.1 Å². The van der Waals surface area contributed by atoms with Crippen molar-refractivity contribution in [2.24, 2.45) is 4.99 Å². The summed E-state index contributed by atoms with van der Waals surface area (Å²) < 4.78 is 33.9. The van der Waals surface area contributed by atoms with Crippen LogP contribution in [0.3, 0.4) is 0 Å². The molecular weight excluding hydrogens is 338 g/mol. The Hall–Kier alpha value is -2.54. The van der Waals surface area contributed by atoms with E-state index in [-0.39, 0.29) is 11.4 Å². The van der Waals surface area contributed by atoms with E-state index in [9.17, 15) is 8.42 Å². The normalized spacial score (nSPS) is 19.6. The maximum absolute atomic E-state index is 13.2. The van der Waals surface area contributed by atoms with Crippen molar-refractivity contribution in [3.05, 3.63) is 54.1 Å². The Kier molecular flexibility index (Phi) is 3.88. The van der Waals surface area contributed by atoms with E-state index in [2.05, 4.69) is 10.3 Å². The van der Waals surface area contributed by atoms with Crippen molar-refractivity contribution in [1.82, 2.24) is 5.32 Å². The van der Waals surface area contributed by atoms with Crippen molar-refractivity contribution in [2.45, 2.75) is 17.9 Å². The highest BCUT2D eigenvalue weighted by molar-refractivity contribution is 7.92. The molecule has 1 N–H and O–H groups in total.